The van der Waals surface area contributed by atoms with E-state index in [9.17, 15) is 0 Å². The predicted molar refractivity (Wildman–Crippen MR) is 212 cm³/mol. The minimum absolute atomic E-state index is 0. The Balaban J connectivity index is 0.00000448. The van der Waals surface area contributed by atoms with E-state index in [1.54, 1.807) is 0 Å². The molecule has 0 aliphatic carbocycles. The zero-order valence-electron chi connectivity index (χ0n) is 32.2. The van der Waals surface area contributed by atoms with Crippen LogP contribution in [0.1, 0.15) is 105 Å². The maximum atomic E-state index is 5.46. The van der Waals surface area contributed by atoms with Crippen LogP contribution in [0.15, 0.2) is 85.1 Å². The van der Waals surface area contributed by atoms with Crippen LogP contribution in [0.3, 0.4) is 0 Å². The van der Waals surface area contributed by atoms with Crippen LogP contribution in [0.25, 0.3) is 61.2 Å². The second-order valence-electron chi connectivity index (χ2n) is 18.1. The first-order valence-electron chi connectivity index (χ1n) is 17.9. The topological polar surface area (TPSA) is 44.8 Å². The molecule has 0 saturated heterocycles. The van der Waals surface area contributed by atoms with Gasteiger partial charge in [0.1, 0.15) is 0 Å². The van der Waals surface area contributed by atoms with Crippen molar-refractivity contribution in [2.75, 3.05) is 0 Å². The molecule has 0 amide bonds. The molecule has 5 heteroatoms. The van der Waals surface area contributed by atoms with E-state index in [4.69, 9.17) is 15.0 Å². The molecular formula is C46H50N4Pt. The molecule has 3 aromatic carbocycles. The molecule has 0 atom stereocenters. The van der Waals surface area contributed by atoms with Crippen LogP contribution in [-0.4, -0.2) is 14.5 Å². The predicted octanol–water partition coefficient (Wildman–Crippen LogP) is 12.0. The maximum Gasteiger partial charge on any atom is 2.00 e. The molecule has 0 aliphatic heterocycles. The number of hydrogen-bond donors (Lipinski definition) is 0. The van der Waals surface area contributed by atoms with Crippen LogP contribution >= 0.6 is 0 Å². The van der Waals surface area contributed by atoms with Gasteiger partial charge in [-0.3, -0.25) is 9.97 Å². The minimum atomic E-state index is -0.0756. The van der Waals surface area contributed by atoms with E-state index >= 15 is 0 Å². The Bertz CT molecular complexity index is 2410. The van der Waals surface area contributed by atoms with Crippen LogP contribution in [-0.2, 0) is 42.7 Å². The molecule has 4 nitrogen and oxygen atoms in total. The summed E-state index contributed by atoms with van der Waals surface area (Å²) in [6, 6.07) is 32.7. The molecule has 0 aliphatic rings. The third-order valence-corrected chi connectivity index (χ3v) is 10.0. The van der Waals surface area contributed by atoms with Crippen molar-refractivity contribution in [3.05, 3.63) is 113 Å². The van der Waals surface area contributed by atoms with Crippen LogP contribution in [0, 0.1) is 6.07 Å². The zero-order valence-corrected chi connectivity index (χ0v) is 34.5. The van der Waals surface area contributed by atoms with Crippen molar-refractivity contribution in [1.29, 1.82) is 0 Å². The van der Waals surface area contributed by atoms with Gasteiger partial charge < -0.3 is 9.55 Å². The Labute approximate surface area is 318 Å². The molecule has 51 heavy (non-hydrogen) atoms. The molecule has 7 rings (SSSR count). The van der Waals surface area contributed by atoms with E-state index in [1.807, 2.05) is 6.20 Å². The first-order chi connectivity index (χ1) is 23.3. The van der Waals surface area contributed by atoms with Gasteiger partial charge in [0.2, 0.25) is 0 Å². The molecule has 0 fully saturated rings. The molecule has 0 bridgehead atoms. The Kier molecular flexibility index (Phi) is 9.08. The van der Waals surface area contributed by atoms with E-state index in [0.717, 1.165) is 55.8 Å². The number of hydrogen-bond acceptors (Lipinski definition) is 2. The fourth-order valence-electron chi connectivity index (χ4n) is 6.71. The maximum absolute atomic E-state index is 5.46. The number of rotatable bonds is 3. The fraction of sp³-hybridized carbons (Fsp3) is 0.348. The van der Waals surface area contributed by atoms with Crippen LogP contribution in [0.2, 0.25) is 0 Å². The summed E-state index contributed by atoms with van der Waals surface area (Å²) in [5, 5.41) is 3.44. The third-order valence-electron chi connectivity index (χ3n) is 10.0. The number of aromatic nitrogens is 4. The summed E-state index contributed by atoms with van der Waals surface area (Å²) >= 11 is 0. The molecule has 7 aromatic rings. The Morgan fingerprint density at radius 2 is 1.14 bits per heavy atom. The Hall–Kier alpha value is -4.01. The molecule has 0 spiro atoms. The summed E-state index contributed by atoms with van der Waals surface area (Å²) in [4.78, 5) is 15.5. The molecule has 0 unspecified atom stereocenters. The van der Waals surface area contributed by atoms with Gasteiger partial charge in [0.15, 0.2) is 0 Å². The van der Waals surface area contributed by atoms with Crippen molar-refractivity contribution in [3.63, 3.8) is 0 Å². The summed E-state index contributed by atoms with van der Waals surface area (Å²) in [5.74, 6) is 0.885. The van der Waals surface area contributed by atoms with Crippen molar-refractivity contribution in [2.45, 2.75) is 105 Å². The zero-order chi connectivity index (χ0) is 36.0. The van der Waals surface area contributed by atoms with Gasteiger partial charge in [-0.1, -0.05) is 161 Å². The fourth-order valence-corrected chi connectivity index (χ4v) is 6.71. The smallest absolute Gasteiger partial charge is 0.435 e. The van der Waals surface area contributed by atoms with Crippen molar-refractivity contribution >= 4 is 32.8 Å². The minimum Gasteiger partial charge on any atom is -0.435 e. The quantitative estimate of drug-likeness (QED) is 0.166. The van der Waals surface area contributed by atoms with E-state index in [1.165, 1.54) is 27.6 Å². The third kappa shape index (κ3) is 6.97. The summed E-state index contributed by atoms with van der Waals surface area (Å²) in [5.41, 5.74) is 11.8. The second kappa shape index (κ2) is 12.6. The summed E-state index contributed by atoms with van der Waals surface area (Å²) < 4.78 is 2.25. The van der Waals surface area contributed by atoms with Crippen LogP contribution in [0.5, 0.6) is 0 Å². The largest absolute Gasteiger partial charge is 2.00 e. The van der Waals surface area contributed by atoms with Crippen molar-refractivity contribution in [1.82, 2.24) is 19.5 Å². The summed E-state index contributed by atoms with van der Waals surface area (Å²) in [6.07, 6.45) is 1.92. The van der Waals surface area contributed by atoms with Crippen molar-refractivity contribution in [3.8, 4) is 28.3 Å². The van der Waals surface area contributed by atoms with Gasteiger partial charge in [-0.15, -0.1) is 23.8 Å². The van der Waals surface area contributed by atoms with Gasteiger partial charge in [0, 0.05) is 23.0 Å². The van der Waals surface area contributed by atoms with Crippen LogP contribution < -0.4 is 4.98 Å². The van der Waals surface area contributed by atoms with E-state index < -0.39 is 0 Å². The van der Waals surface area contributed by atoms with Gasteiger partial charge >= 0.3 is 21.1 Å². The number of pyridine rings is 2. The molecule has 264 valence electrons. The first-order valence-corrected chi connectivity index (χ1v) is 17.9. The standard InChI is InChI=1S/C46H50N4.Pt/c1-43(2,3)31-13-16-37-30(22-31)25-41(48-37)50-40-18-14-32(44(4,5)6)26-36(40)35-15-17-38(49-42(35)50)28-21-29(24-34(23-28)46(10,11)12)39-27-33(19-20-47-39)45(7,8)9;/h13-20,22-27H,1-12H3;/q-2;+2. The van der Waals surface area contributed by atoms with Gasteiger partial charge in [-0.2, -0.15) is 0 Å². The van der Waals surface area contributed by atoms with Gasteiger partial charge in [0.25, 0.3) is 0 Å². The number of nitrogens with zero attached hydrogens (tertiary/aromatic N) is 4. The molecule has 0 saturated carbocycles. The normalized spacial score (nSPS) is 12.9. The Morgan fingerprint density at radius 3 is 1.78 bits per heavy atom. The van der Waals surface area contributed by atoms with Gasteiger partial charge in [-0.25, -0.2) is 0 Å². The van der Waals surface area contributed by atoms with E-state index in [-0.39, 0.29) is 42.7 Å². The van der Waals surface area contributed by atoms with Crippen molar-refractivity contribution < 1.29 is 21.1 Å². The number of benzene rings is 3. The summed E-state index contributed by atoms with van der Waals surface area (Å²) in [6.45, 7) is 27.1. The van der Waals surface area contributed by atoms with E-state index in [2.05, 4.69) is 173 Å². The molecule has 0 N–H and O–H groups in total. The van der Waals surface area contributed by atoms with Crippen molar-refractivity contribution in [2.24, 2.45) is 0 Å². The van der Waals surface area contributed by atoms with Gasteiger partial charge in [0.05, 0.1) is 5.65 Å². The van der Waals surface area contributed by atoms with Crippen LogP contribution in [0.4, 0.5) is 0 Å². The average Bonchev–Trinajstić information content (AvgIpc) is 3.60. The second-order valence-corrected chi connectivity index (χ2v) is 18.1. The SMILES string of the molecule is CC(C)(C)c1cc(-c2cc(C(C)(C)C)ccn2)[c-]c(-c2ccc3c4cc(C(C)(C)C)ccc4n(-c4cc5cc(C(C)(C)C)ccc5[n-]4)c3n2)c1.[Pt+2]. The van der Waals surface area contributed by atoms with Gasteiger partial charge in [-0.05, 0) is 66.2 Å². The Morgan fingerprint density at radius 1 is 0.549 bits per heavy atom. The molecule has 4 heterocycles. The average molecular weight is 854 g/mol. The molecular weight excluding hydrogens is 804 g/mol. The van der Waals surface area contributed by atoms with E-state index in [0.29, 0.717) is 0 Å². The monoisotopic (exact) mass is 853 g/mol. The first kappa shape index (κ1) is 36.8. The summed E-state index contributed by atoms with van der Waals surface area (Å²) in [7, 11) is 0. The molecule has 0 radical (unpaired) electrons. The molecule has 4 aromatic heterocycles. The number of fused-ring (bicyclic) bond motifs is 4.